The highest BCUT2D eigenvalue weighted by Gasteiger charge is 2.34. The van der Waals surface area contributed by atoms with Crippen molar-refractivity contribution in [3.63, 3.8) is 0 Å². The number of fused-ring (bicyclic) bond motifs is 1. The maximum absolute atomic E-state index is 5.94. The van der Waals surface area contributed by atoms with Gasteiger partial charge in [-0.15, -0.1) is 0 Å². The molecular weight excluding hydrogens is 232 g/mol. The van der Waals surface area contributed by atoms with Crippen LogP contribution in [0.15, 0.2) is 18.2 Å². The van der Waals surface area contributed by atoms with Crippen LogP contribution in [-0.2, 0) is 6.54 Å². The Morgan fingerprint density at radius 3 is 3.00 bits per heavy atom. The molecule has 1 aromatic heterocycles. The zero-order valence-corrected chi connectivity index (χ0v) is 10.9. The predicted octanol–water partition coefficient (Wildman–Crippen LogP) is 3.50. The van der Waals surface area contributed by atoms with Crippen LogP contribution in [0.4, 0.5) is 0 Å². The smallest absolute Gasteiger partial charge is 0.129 e. The third kappa shape index (κ3) is 2.48. The lowest BCUT2D eigenvalue weighted by Gasteiger charge is -2.37. The van der Waals surface area contributed by atoms with Gasteiger partial charge < -0.3 is 0 Å². The van der Waals surface area contributed by atoms with E-state index in [4.69, 9.17) is 11.6 Å². The van der Waals surface area contributed by atoms with Crippen LogP contribution in [0.5, 0.6) is 0 Å². The molecule has 0 aromatic carbocycles. The third-order valence-corrected chi connectivity index (χ3v) is 4.46. The molecule has 0 bridgehead atoms. The zero-order valence-electron chi connectivity index (χ0n) is 10.1. The van der Waals surface area contributed by atoms with Crippen molar-refractivity contribution >= 4 is 11.6 Å². The van der Waals surface area contributed by atoms with E-state index in [2.05, 4.69) is 16.0 Å². The van der Waals surface area contributed by atoms with Crippen molar-refractivity contribution in [1.82, 2.24) is 9.88 Å². The summed E-state index contributed by atoms with van der Waals surface area (Å²) in [6.07, 6.45) is 7.01. The summed E-state index contributed by atoms with van der Waals surface area (Å²) in [5.41, 5.74) is 1.12. The summed E-state index contributed by atoms with van der Waals surface area (Å²) < 4.78 is 0. The van der Waals surface area contributed by atoms with Crippen molar-refractivity contribution in [2.24, 2.45) is 5.92 Å². The molecule has 17 heavy (non-hydrogen) atoms. The molecule has 1 aromatic rings. The van der Waals surface area contributed by atoms with Gasteiger partial charge in [-0.2, -0.15) is 0 Å². The third-order valence-electron chi connectivity index (χ3n) is 4.25. The number of hydrogen-bond acceptors (Lipinski definition) is 2. The molecule has 1 aliphatic carbocycles. The van der Waals surface area contributed by atoms with Crippen LogP contribution in [0, 0.1) is 5.92 Å². The van der Waals surface area contributed by atoms with Crippen LogP contribution in [0.3, 0.4) is 0 Å². The van der Waals surface area contributed by atoms with E-state index >= 15 is 0 Å². The van der Waals surface area contributed by atoms with Gasteiger partial charge in [0, 0.05) is 12.6 Å². The molecule has 2 nitrogen and oxygen atoms in total. The Bertz CT molecular complexity index is 394. The van der Waals surface area contributed by atoms with Gasteiger partial charge in [-0.25, -0.2) is 4.98 Å². The van der Waals surface area contributed by atoms with Crippen LogP contribution in [0.1, 0.15) is 37.8 Å². The first-order valence-electron chi connectivity index (χ1n) is 6.68. The highest BCUT2D eigenvalue weighted by atomic mass is 35.5. The van der Waals surface area contributed by atoms with Gasteiger partial charge in [0.2, 0.25) is 0 Å². The molecule has 0 N–H and O–H groups in total. The summed E-state index contributed by atoms with van der Waals surface area (Å²) in [5, 5.41) is 0.613. The first-order chi connectivity index (χ1) is 8.33. The van der Waals surface area contributed by atoms with Crippen LogP contribution in [-0.4, -0.2) is 22.5 Å². The number of pyridine rings is 1. The molecular formula is C14H19ClN2. The van der Waals surface area contributed by atoms with Crippen molar-refractivity contribution in [2.45, 2.75) is 44.7 Å². The van der Waals surface area contributed by atoms with Crippen molar-refractivity contribution in [3.8, 4) is 0 Å². The zero-order chi connectivity index (χ0) is 11.7. The summed E-state index contributed by atoms with van der Waals surface area (Å²) in [4.78, 5) is 7.03. The van der Waals surface area contributed by atoms with E-state index in [1.54, 1.807) is 0 Å². The molecule has 1 saturated heterocycles. The average molecular weight is 251 g/mol. The predicted molar refractivity (Wildman–Crippen MR) is 70.0 cm³/mol. The van der Waals surface area contributed by atoms with Crippen molar-refractivity contribution in [3.05, 3.63) is 29.0 Å². The lowest BCUT2D eigenvalue weighted by atomic mass is 9.92. The Morgan fingerprint density at radius 1 is 1.24 bits per heavy atom. The van der Waals surface area contributed by atoms with E-state index in [1.807, 2.05) is 12.1 Å². The average Bonchev–Trinajstić information content (AvgIpc) is 2.78. The molecule has 3 rings (SSSR count). The first-order valence-corrected chi connectivity index (χ1v) is 7.06. The number of rotatable bonds is 2. The van der Waals surface area contributed by atoms with Gasteiger partial charge in [-0.1, -0.05) is 24.1 Å². The highest BCUT2D eigenvalue weighted by molar-refractivity contribution is 6.29. The Labute approximate surface area is 108 Å². The maximum Gasteiger partial charge on any atom is 0.129 e. The van der Waals surface area contributed by atoms with Gasteiger partial charge >= 0.3 is 0 Å². The van der Waals surface area contributed by atoms with E-state index in [-0.39, 0.29) is 0 Å². The summed E-state index contributed by atoms with van der Waals surface area (Å²) in [7, 11) is 0. The molecule has 1 saturated carbocycles. The minimum Gasteiger partial charge on any atom is -0.294 e. The molecule has 92 valence electrons. The van der Waals surface area contributed by atoms with E-state index in [0.717, 1.165) is 24.2 Å². The highest BCUT2D eigenvalue weighted by Crippen LogP contribution is 2.37. The summed E-state index contributed by atoms with van der Waals surface area (Å²) >= 11 is 5.94. The number of aromatic nitrogens is 1. The van der Waals surface area contributed by atoms with Gasteiger partial charge in [-0.05, 0) is 50.3 Å². The number of halogens is 1. The van der Waals surface area contributed by atoms with Crippen molar-refractivity contribution in [2.75, 3.05) is 6.54 Å². The molecule has 1 aliphatic heterocycles. The number of piperidine rings is 1. The van der Waals surface area contributed by atoms with Crippen LogP contribution < -0.4 is 0 Å². The number of likely N-dealkylation sites (tertiary alicyclic amines) is 1. The van der Waals surface area contributed by atoms with E-state index in [9.17, 15) is 0 Å². The molecule has 2 atom stereocenters. The largest absolute Gasteiger partial charge is 0.294 e. The molecule has 3 heteroatoms. The van der Waals surface area contributed by atoms with E-state index < -0.39 is 0 Å². The molecule has 2 heterocycles. The summed E-state index contributed by atoms with van der Waals surface area (Å²) in [6.45, 7) is 2.21. The van der Waals surface area contributed by atoms with Gasteiger partial charge in [0.1, 0.15) is 5.15 Å². The summed E-state index contributed by atoms with van der Waals surface area (Å²) in [5.74, 6) is 0.947. The second kappa shape index (κ2) is 4.95. The van der Waals surface area contributed by atoms with Gasteiger partial charge in [0.25, 0.3) is 0 Å². The number of nitrogens with zero attached hydrogens (tertiary/aromatic N) is 2. The fraction of sp³-hybridized carbons (Fsp3) is 0.643. The van der Waals surface area contributed by atoms with E-state index in [0.29, 0.717) is 5.15 Å². The minimum absolute atomic E-state index is 0.613. The van der Waals surface area contributed by atoms with Crippen molar-refractivity contribution in [1.29, 1.82) is 0 Å². The molecule has 0 radical (unpaired) electrons. The fourth-order valence-corrected chi connectivity index (χ4v) is 3.68. The molecule has 2 fully saturated rings. The van der Waals surface area contributed by atoms with Crippen LogP contribution in [0.25, 0.3) is 0 Å². The Morgan fingerprint density at radius 2 is 2.12 bits per heavy atom. The fourth-order valence-electron chi connectivity index (χ4n) is 3.50. The van der Waals surface area contributed by atoms with Crippen molar-refractivity contribution < 1.29 is 0 Å². The second-order valence-electron chi connectivity index (χ2n) is 5.32. The Kier molecular flexibility index (Phi) is 3.34. The Hall–Kier alpha value is -0.600. The van der Waals surface area contributed by atoms with Gasteiger partial charge in [0.15, 0.2) is 0 Å². The second-order valence-corrected chi connectivity index (χ2v) is 5.71. The maximum atomic E-state index is 5.94. The number of hydrogen-bond donors (Lipinski definition) is 0. The van der Waals surface area contributed by atoms with Crippen LogP contribution in [0.2, 0.25) is 5.15 Å². The topological polar surface area (TPSA) is 16.1 Å². The van der Waals surface area contributed by atoms with E-state index in [1.165, 1.54) is 38.6 Å². The molecule has 0 amide bonds. The molecule has 0 spiro atoms. The standard InChI is InChI=1S/C14H19ClN2/c15-14-8-2-6-12(16-14)10-17-9-3-5-11-4-1-7-13(11)17/h2,6,8,11,13H,1,3-5,7,9-10H2. The SMILES string of the molecule is Clc1cccc(CN2CCCC3CCCC32)n1. The van der Waals surface area contributed by atoms with Crippen LogP contribution >= 0.6 is 11.6 Å². The van der Waals surface area contributed by atoms with Gasteiger partial charge in [0.05, 0.1) is 5.69 Å². The monoisotopic (exact) mass is 250 g/mol. The van der Waals surface area contributed by atoms with Gasteiger partial charge in [-0.3, -0.25) is 4.90 Å². The lowest BCUT2D eigenvalue weighted by molar-refractivity contribution is 0.104. The lowest BCUT2D eigenvalue weighted by Crippen LogP contribution is -2.42. The minimum atomic E-state index is 0.613. The first kappa shape index (κ1) is 11.5. The molecule has 2 aliphatic rings. The molecule has 2 unspecified atom stereocenters. The Balaban J connectivity index is 1.71. The normalized spacial score (nSPS) is 29.2. The summed E-state index contributed by atoms with van der Waals surface area (Å²) in [6, 6.07) is 6.75. The quantitative estimate of drug-likeness (QED) is 0.747.